The van der Waals surface area contributed by atoms with E-state index in [0.29, 0.717) is 6.61 Å². The van der Waals surface area contributed by atoms with Gasteiger partial charge in [-0.1, -0.05) is 31.5 Å². The Balaban J connectivity index is 2.17. The molecule has 0 saturated heterocycles. The summed E-state index contributed by atoms with van der Waals surface area (Å²) in [6.07, 6.45) is 7.00. The normalized spacial score (nSPS) is 11.0. The first-order valence-corrected chi connectivity index (χ1v) is 7.94. The van der Waals surface area contributed by atoms with Crippen LogP contribution in [0, 0.1) is 6.92 Å². The van der Waals surface area contributed by atoms with Crippen LogP contribution in [0.4, 0.5) is 0 Å². The SMILES string of the molecule is CCCCOC(=O)/C=C/c1cccc(C)c1-c1nccs1. The maximum absolute atomic E-state index is 11.7. The number of hydrogen-bond acceptors (Lipinski definition) is 4. The van der Waals surface area contributed by atoms with Crippen LogP contribution in [-0.2, 0) is 9.53 Å². The highest BCUT2D eigenvalue weighted by Gasteiger charge is 2.09. The van der Waals surface area contributed by atoms with Crippen molar-refractivity contribution in [2.75, 3.05) is 6.61 Å². The number of hydrogen-bond donors (Lipinski definition) is 0. The van der Waals surface area contributed by atoms with Gasteiger partial charge in [-0.25, -0.2) is 9.78 Å². The van der Waals surface area contributed by atoms with Gasteiger partial charge in [0.05, 0.1) is 6.61 Å². The zero-order valence-corrected chi connectivity index (χ0v) is 13.2. The van der Waals surface area contributed by atoms with Crippen molar-refractivity contribution in [2.24, 2.45) is 0 Å². The van der Waals surface area contributed by atoms with Crippen molar-refractivity contribution >= 4 is 23.4 Å². The number of aromatic nitrogens is 1. The second kappa shape index (κ2) is 7.74. The van der Waals surface area contributed by atoms with Crippen LogP contribution in [0.1, 0.15) is 30.9 Å². The lowest BCUT2D eigenvalue weighted by atomic mass is 10.0. The van der Waals surface area contributed by atoms with Crippen molar-refractivity contribution in [1.29, 1.82) is 0 Å². The Kier molecular flexibility index (Phi) is 5.69. The molecule has 21 heavy (non-hydrogen) atoms. The molecule has 0 aliphatic carbocycles. The number of unbranched alkanes of at least 4 members (excludes halogenated alkanes) is 1. The van der Waals surface area contributed by atoms with Gasteiger partial charge in [0.15, 0.2) is 0 Å². The van der Waals surface area contributed by atoms with Gasteiger partial charge in [-0.15, -0.1) is 11.3 Å². The largest absolute Gasteiger partial charge is 0.463 e. The Hall–Kier alpha value is -1.94. The number of nitrogens with zero attached hydrogens (tertiary/aromatic N) is 1. The molecular formula is C17H19NO2S. The Morgan fingerprint density at radius 2 is 2.29 bits per heavy atom. The van der Waals surface area contributed by atoms with E-state index in [9.17, 15) is 4.79 Å². The van der Waals surface area contributed by atoms with Crippen molar-refractivity contribution in [3.63, 3.8) is 0 Å². The minimum atomic E-state index is -0.296. The van der Waals surface area contributed by atoms with Crippen LogP contribution < -0.4 is 0 Å². The predicted molar refractivity (Wildman–Crippen MR) is 87.2 cm³/mol. The van der Waals surface area contributed by atoms with Crippen LogP contribution in [0.5, 0.6) is 0 Å². The zero-order chi connectivity index (χ0) is 15.1. The van der Waals surface area contributed by atoms with Gasteiger partial charge in [0.25, 0.3) is 0 Å². The van der Waals surface area contributed by atoms with Crippen LogP contribution in [0.25, 0.3) is 16.6 Å². The van der Waals surface area contributed by atoms with Crippen LogP contribution in [0.3, 0.4) is 0 Å². The molecule has 3 nitrogen and oxygen atoms in total. The molecule has 0 aliphatic rings. The van der Waals surface area contributed by atoms with E-state index in [2.05, 4.69) is 11.9 Å². The summed E-state index contributed by atoms with van der Waals surface area (Å²) in [7, 11) is 0. The molecule has 1 aromatic carbocycles. The van der Waals surface area contributed by atoms with Gasteiger partial charge in [0.1, 0.15) is 5.01 Å². The van der Waals surface area contributed by atoms with Gasteiger partial charge in [0.2, 0.25) is 0 Å². The van der Waals surface area contributed by atoms with Crippen molar-refractivity contribution in [1.82, 2.24) is 4.98 Å². The van der Waals surface area contributed by atoms with Gasteiger partial charge in [-0.3, -0.25) is 0 Å². The number of esters is 1. The quantitative estimate of drug-likeness (QED) is 0.449. The van der Waals surface area contributed by atoms with E-state index < -0.39 is 0 Å². The summed E-state index contributed by atoms with van der Waals surface area (Å²) in [5.74, 6) is -0.296. The monoisotopic (exact) mass is 301 g/mol. The van der Waals surface area contributed by atoms with E-state index in [1.165, 1.54) is 6.08 Å². The predicted octanol–water partition coefficient (Wildman–Crippen LogP) is 4.48. The maximum atomic E-state index is 11.7. The number of ether oxygens (including phenoxy) is 1. The summed E-state index contributed by atoms with van der Waals surface area (Å²) in [6, 6.07) is 6.02. The summed E-state index contributed by atoms with van der Waals surface area (Å²) in [5.41, 5.74) is 3.20. The number of rotatable bonds is 6. The number of benzene rings is 1. The lowest BCUT2D eigenvalue weighted by Gasteiger charge is -2.07. The standard InChI is InChI=1S/C17H19NO2S/c1-3-4-11-20-15(19)9-8-14-7-5-6-13(2)16(14)17-18-10-12-21-17/h5-10,12H,3-4,11H2,1-2H3/b9-8+. The first-order chi connectivity index (χ1) is 10.2. The van der Waals surface area contributed by atoms with E-state index in [-0.39, 0.29) is 5.97 Å². The van der Waals surface area contributed by atoms with E-state index in [1.54, 1.807) is 23.6 Å². The Bertz CT molecular complexity index is 618. The fourth-order valence-corrected chi connectivity index (χ4v) is 2.76. The highest BCUT2D eigenvalue weighted by molar-refractivity contribution is 7.13. The second-order valence-electron chi connectivity index (χ2n) is 4.73. The molecule has 2 aromatic rings. The van der Waals surface area contributed by atoms with Crippen molar-refractivity contribution in [3.8, 4) is 10.6 Å². The van der Waals surface area contributed by atoms with Crippen LogP contribution >= 0.6 is 11.3 Å². The summed E-state index contributed by atoms with van der Waals surface area (Å²) in [5, 5.41) is 2.92. The number of thiazole rings is 1. The van der Waals surface area contributed by atoms with E-state index >= 15 is 0 Å². The Morgan fingerprint density at radius 3 is 3.00 bits per heavy atom. The molecule has 0 radical (unpaired) electrons. The van der Waals surface area contributed by atoms with Crippen LogP contribution in [-0.4, -0.2) is 17.6 Å². The summed E-state index contributed by atoms with van der Waals surface area (Å²) in [4.78, 5) is 16.0. The van der Waals surface area contributed by atoms with Gasteiger partial charge >= 0.3 is 5.97 Å². The molecule has 0 bridgehead atoms. The molecule has 0 saturated carbocycles. The molecule has 0 spiro atoms. The fourth-order valence-electron chi connectivity index (χ4n) is 1.99. The summed E-state index contributed by atoms with van der Waals surface area (Å²) in [6.45, 7) is 4.59. The highest BCUT2D eigenvalue weighted by Crippen LogP contribution is 2.29. The molecule has 0 fully saturated rings. The molecule has 1 heterocycles. The van der Waals surface area contributed by atoms with E-state index in [0.717, 1.165) is 34.5 Å². The third kappa shape index (κ3) is 4.26. The van der Waals surface area contributed by atoms with Crippen molar-refractivity contribution < 1.29 is 9.53 Å². The topological polar surface area (TPSA) is 39.2 Å². The summed E-state index contributed by atoms with van der Waals surface area (Å²) >= 11 is 1.59. The molecule has 0 N–H and O–H groups in total. The molecule has 0 atom stereocenters. The maximum Gasteiger partial charge on any atom is 0.330 e. The number of aryl methyl sites for hydroxylation is 1. The van der Waals surface area contributed by atoms with Crippen molar-refractivity contribution in [3.05, 3.63) is 47.0 Å². The second-order valence-corrected chi connectivity index (χ2v) is 5.63. The first kappa shape index (κ1) is 15.4. The van der Waals surface area contributed by atoms with E-state index in [4.69, 9.17) is 4.74 Å². The lowest BCUT2D eigenvalue weighted by Crippen LogP contribution is -2.01. The summed E-state index contributed by atoms with van der Waals surface area (Å²) < 4.78 is 5.13. The van der Waals surface area contributed by atoms with Crippen molar-refractivity contribution in [2.45, 2.75) is 26.7 Å². The van der Waals surface area contributed by atoms with Crippen LogP contribution in [0.2, 0.25) is 0 Å². The molecule has 0 aliphatic heterocycles. The highest BCUT2D eigenvalue weighted by atomic mass is 32.1. The minimum Gasteiger partial charge on any atom is -0.463 e. The average Bonchev–Trinajstić information content (AvgIpc) is 2.99. The Labute approximate surface area is 129 Å². The van der Waals surface area contributed by atoms with Gasteiger partial charge in [-0.05, 0) is 30.5 Å². The lowest BCUT2D eigenvalue weighted by molar-refractivity contribution is -0.137. The minimum absolute atomic E-state index is 0.296. The third-order valence-corrected chi connectivity index (χ3v) is 3.88. The zero-order valence-electron chi connectivity index (χ0n) is 12.3. The number of carbonyl (C=O) groups is 1. The van der Waals surface area contributed by atoms with Gasteiger partial charge in [-0.2, -0.15) is 0 Å². The molecule has 2 rings (SSSR count). The first-order valence-electron chi connectivity index (χ1n) is 7.06. The van der Waals surface area contributed by atoms with Crippen LogP contribution in [0.15, 0.2) is 35.9 Å². The van der Waals surface area contributed by atoms with Gasteiger partial charge < -0.3 is 4.74 Å². The smallest absolute Gasteiger partial charge is 0.330 e. The van der Waals surface area contributed by atoms with E-state index in [1.807, 2.05) is 30.5 Å². The molecular weight excluding hydrogens is 282 g/mol. The molecule has 110 valence electrons. The molecule has 0 amide bonds. The molecule has 0 unspecified atom stereocenters. The molecule has 1 aromatic heterocycles. The Morgan fingerprint density at radius 1 is 1.43 bits per heavy atom. The fraction of sp³-hybridized carbons (Fsp3) is 0.294. The molecule has 4 heteroatoms. The van der Waals surface area contributed by atoms with Gasteiger partial charge in [0, 0.05) is 23.2 Å². The average molecular weight is 301 g/mol. The third-order valence-electron chi connectivity index (χ3n) is 3.09. The number of carbonyl (C=O) groups excluding carboxylic acids is 1.